The second-order valence-corrected chi connectivity index (χ2v) is 8.04. The molecule has 0 bridgehead atoms. The Balaban J connectivity index is 1.44. The topological polar surface area (TPSA) is 94.5 Å². The molecular weight excluding hydrogens is 436 g/mol. The molecule has 1 fully saturated rings. The molecule has 0 saturated carbocycles. The summed E-state index contributed by atoms with van der Waals surface area (Å²) in [5, 5.41) is 21.7. The fourth-order valence-electron chi connectivity index (χ4n) is 3.76. The van der Waals surface area contributed by atoms with Gasteiger partial charge in [0.2, 0.25) is 0 Å². The van der Waals surface area contributed by atoms with Crippen molar-refractivity contribution in [2.24, 2.45) is 0 Å². The van der Waals surface area contributed by atoms with Crippen LogP contribution >= 0.6 is 0 Å². The summed E-state index contributed by atoms with van der Waals surface area (Å²) in [6.45, 7) is 0.164. The highest BCUT2D eigenvalue weighted by Gasteiger charge is 2.46. The van der Waals surface area contributed by atoms with E-state index in [-0.39, 0.29) is 19.8 Å². The van der Waals surface area contributed by atoms with Crippen molar-refractivity contribution in [3.8, 4) is 0 Å². The van der Waals surface area contributed by atoms with Crippen molar-refractivity contribution in [1.82, 2.24) is 0 Å². The predicted octanol–water partition coefficient (Wildman–Crippen LogP) is 3.09. The van der Waals surface area contributed by atoms with E-state index < -0.39 is 36.7 Å². The van der Waals surface area contributed by atoms with E-state index in [4.69, 9.17) is 18.9 Å². The fourth-order valence-corrected chi connectivity index (χ4v) is 3.76. The van der Waals surface area contributed by atoms with Crippen LogP contribution in [-0.4, -0.2) is 53.5 Å². The minimum absolute atomic E-state index is 0.205. The van der Waals surface area contributed by atoms with Crippen LogP contribution in [0.4, 0.5) is 0 Å². The fraction of sp³-hybridized carbons (Fsp3) is 0.296. The maximum Gasteiger partial charge on any atom is 0.338 e. The lowest BCUT2D eigenvalue weighted by molar-refractivity contribution is -0.307. The van der Waals surface area contributed by atoms with E-state index in [9.17, 15) is 15.0 Å². The summed E-state index contributed by atoms with van der Waals surface area (Å²) in [6, 6.07) is 27.5. The van der Waals surface area contributed by atoms with Gasteiger partial charge in [-0.3, -0.25) is 0 Å². The molecule has 5 atom stereocenters. The van der Waals surface area contributed by atoms with Crippen molar-refractivity contribution in [3.05, 3.63) is 108 Å². The highest BCUT2D eigenvalue weighted by molar-refractivity contribution is 5.89. The average molecular weight is 465 g/mol. The van der Waals surface area contributed by atoms with E-state index in [1.165, 1.54) is 0 Å². The molecule has 2 N–H and O–H groups in total. The van der Waals surface area contributed by atoms with Crippen LogP contribution in [0, 0.1) is 0 Å². The Morgan fingerprint density at radius 3 is 1.79 bits per heavy atom. The summed E-state index contributed by atoms with van der Waals surface area (Å²) < 4.78 is 22.9. The van der Waals surface area contributed by atoms with Crippen molar-refractivity contribution in [3.63, 3.8) is 0 Å². The van der Waals surface area contributed by atoms with Crippen LogP contribution in [0.15, 0.2) is 91.0 Å². The Labute approximate surface area is 198 Å². The molecule has 0 spiro atoms. The molecule has 0 aromatic heterocycles. The van der Waals surface area contributed by atoms with Gasteiger partial charge in [-0.05, 0) is 23.3 Å². The Morgan fingerprint density at radius 1 is 0.735 bits per heavy atom. The minimum Gasteiger partial charge on any atom is -0.459 e. The van der Waals surface area contributed by atoms with E-state index in [0.29, 0.717) is 5.56 Å². The number of aliphatic hydroxyl groups is 2. The summed E-state index contributed by atoms with van der Waals surface area (Å²) in [5.41, 5.74) is 2.20. The van der Waals surface area contributed by atoms with Crippen LogP contribution in [0.3, 0.4) is 0 Å². The van der Waals surface area contributed by atoms with Gasteiger partial charge in [0.05, 0.1) is 18.8 Å². The Morgan fingerprint density at radius 2 is 1.24 bits per heavy atom. The summed E-state index contributed by atoms with van der Waals surface area (Å²) in [4.78, 5) is 12.3. The monoisotopic (exact) mass is 464 g/mol. The summed E-state index contributed by atoms with van der Waals surface area (Å²) >= 11 is 0. The van der Waals surface area contributed by atoms with Gasteiger partial charge in [-0.15, -0.1) is 0 Å². The zero-order valence-corrected chi connectivity index (χ0v) is 18.6. The van der Waals surface area contributed by atoms with Crippen molar-refractivity contribution in [2.45, 2.75) is 43.9 Å². The standard InChI is InChI=1S/C27H28O7/c28-23-22(18-33-26(29)21-14-8-3-9-15-21)34-27(30)25(32-17-20-12-6-2-7-13-20)24(23)31-16-19-10-4-1-5-11-19/h1-15,22-25,27-28,30H,16-18H2/t22-,23+,24+,25+,27-/m1/s1. The number of hydrogen-bond donors (Lipinski definition) is 2. The van der Waals surface area contributed by atoms with Gasteiger partial charge >= 0.3 is 5.97 Å². The molecule has 7 nitrogen and oxygen atoms in total. The molecule has 1 heterocycles. The van der Waals surface area contributed by atoms with Gasteiger partial charge in [0, 0.05) is 0 Å². The van der Waals surface area contributed by atoms with Crippen LogP contribution in [0.5, 0.6) is 0 Å². The number of ether oxygens (including phenoxy) is 4. The molecule has 0 unspecified atom stereocenters. The Bertz CT molecular complexity index is 1010. The lowest BCUT2D eigenvalue weighted by Crippen LogP contribution is -2.60. The number of rotatable bonds is 9. The number of esters is 1. The van der Waals surface area contributed by atoms with Gasteiger partial charge in [-0.1, -0.05) is 78.9 Å². The largest absolute Gasteiger partial charge is 0.459 e. The molecule has 1 aliphatic rings. The van der Waals surface area contributed by atoms with E-state index in [2.05, 4.69) is 0 Å². The molecular formula is C27H28O7. The molecule has 0 amide bonds. The third-order valence-corrected chi connectivity index (χ3v) is 5.60. The number of benzene rings is 3. The maximum absolute atomic E-state index is 12.3. The normalized spacial score (nSPS) is 24.5. The first kappa shape index (κ1) is 24.1. The predicted molar refractivity (Wildman–Crippen MR) is 124 cm³/mol. The lowest BCUT2D eigenvalue weighted by Gasteiger charge is -2.42. The molecule has 1 aliphatic heterocycles. The van der Waals surface area contributed by atoms with Gasteiger partial charge in [0.15, 0.2) is 6.29 Å². The highest BCUT2D eigenvalue weighted by Crippen LogP contribution is 2.27. The third-order valence-electron chi connectivity index (χ3n) is 5.60. The average Bonchev–Trinajstić information content (AvgIpc) is 2.89. The van der Waals surface area contributed by atoms with Gasteiger partial charge in [-0.2, -0.15) is 0 Å². The van der Waals surface area contributed by atoms with Crippen LogP contribution in [0.25, 0.3) is 0 Å². The molecule has 178 valence electrons. The van der Waals surface area contributed by atoms with Crippen LogP contribution < -0.4 is 0 Å². The van der Waals surface area contributed by atoms with Crippen molar-refractivity contribution in [2.75, 3.05) is 6.61 Å². The van der Waals surface area contributed by atoms with E-state index in [1.54, 1.807) is 30.3 Å². The van der Waals surface area contributed by atoms with Crippen LogP contribution in [0.2, 0.25) is 0 Å². The maximum atomic E-state index is 12.3. The van der Waals surface area contributed by atoms with Gasteiger partial charge in [-0.25, -0.2) is 4.79 Å². The first-order chi connectivity index (χ1) is 16.6. The summed E-state index contributed by atoms with van der Waals surface area (Å²) in [7, 11) is 0. The van der Waals surface area contributed by atoms with Gasteiger partial charge in [0.1, 0.15) is 31.0 Å². The molecule has 3 aromatic rings. The summed E-state index contributed by atoms with van der Waals surface area (Å²) in [6.07, 6.45) is -5.42. The zero-order valence-electron chi connectivity index (χ0n) is 18.6. The highest BCUT2D eigenvalue weighted by atomic mass is 16.7. The Hall–Kier alpha value is -3.07. The van der Waals surface area contributed by atoms with Gasteiger partial charge in [0.25, 0.3) is 0 Å². The van der Waals surface area contributed by atoms with E-state index in [1.807, 2.05) is 60.7 Å². The van der Waals surface area contributed by atoms with E-state index >= 15 is 0 Å². The Kier molecular flexibility index (Phi) is 8.41. The number of aliphatic hydroxyl groups excluding tert-OH is 2. The summed E-state index contributed by atoms with van der Waals surface area (Å²) in [5.74, 6) is -0.546. The van der Waals surface area contributed by atoms with Crippen LogP contribution in [-0.2, 0) is 32.2 Å². The second kappa shape index (κ2) is 11.9. The lowest BCUT2D eigenvalue weighted by atomic mass is 9.98. The van der Waals surface area contributed by atoms with Crippen molar-refractivity contribution in [1.29, 1.82) is 0 Å². The first-order valence-corrected chi connectivity index (χ1v) is 11.2. The van der Waals surface area contributed by atoms with Crippen molar-refractivity contribution < 1.29 is 34.0 Å². The molecule has 1 saturated heterocycles. The first-order valence-electron chi connectivity index (χ1n) is 11.2. The molecule has 0 radical (unpaired) electrons. The molecule has 3 aromatic carbocycles. The minimum atomic E-state index is -1.38. The number of hydrogen-bond acceptors (Lipinski definition) is 7. The van der Waals surface area contributed by atoms with E-state index in [0.717, 1.165) is 11.1 Å². The van der Waals surface area contributed by atoms with Gasteiger partial charge < -0.3 is 29.2 Å². The smallest absolute Gasteiger partial charge is 0.338 e. The molecule has 34 heavy (non-hydrogen) atoms. The zero-order chi connectivity index (χ0) is 23.8. The third kappa shape index (κ3) is 6.28. The second-order valence-electron chi connectivity index (χ2n) is 8.04. The number of carbonyl (C=O) groups excluding carboxylic acids is 1. The quantitative estimate of drug-likeness (QED) is 0.470. The molecule has 0 aliphatic carbocycles. The SMILES string of the molecule is O=C(OC[C@H]1O[C@@H](O)[C@@H](OCc2ccccc2)[C@@H](OCc2ccccc2)[C@H]1O)c1ccccc1. The van der Waals surface area contributed by atoms with Crippen molar-refractivity contribution >= 4 is 5.97 Å². The number of carbonyl (C=O) groups is 1. The van der Waals surface area contributed by atoms with Crippen LogP contribution in [0.1, 0.15) is 21.5 Å². The molecule has 4 rings (SSSR count). The molecule has 7 heteroatoms.